The first-order valence-corrected chi connectivity index (χ1v) is 10.8. The molecule has 31 heavy (non-hydrogen) atoms. The first kappa shape index (κ1) is 22.6. The summed E-state index contributed by atoms with van der Waals surface area (Å²) in [5, 5.41) is 9.31. The highest BCUT2D eigenvalue weighted by molar-refractivity contribution is 5.72. The zero-order valence-corrected chi connectivity index (χ0v) is 18.5. The molecule has 1 aromatic heterocycles. The standard InChI is InChI=1S/C26H31NO4/c1-4-16-31-25(26(28)29)18-21-8-12-23(13-9-21)30-17-15-27-20(3)7-14-24(27)22-10-5-19(2)6-11-22/h5-14,25H,4,15-18H2,1-3H3,(H,28,29). The molecule has 164 valence electrons. The molecule has 5 nitrogen and oxygen atoms in total. The Bertz CT molecular complexity index is 974. The Morgan fingerprint density at radius 1 is 0.968 bits per heavy atom. The molecule has 0 saturated carbocycles. The number of rotatable bonds is 11. The Balaban J connectivity index is 1.57. The number of aromatic nitrogens is 1. The monoisotopic (exact) mass is 421 g/mol. The molecule has 1 N–H and O–H groups in total. The van der Waals surface area contributed by atoms with Gasteiger partial charge < -0.3 is 19.1 Å². The zero-order chi connectivity index (χ0) is 22.2. The van der Waals surface area contributed by atoms with E-state index in [9.17, 15) is 9.90 Å². The van der Waals surface area contributed by atoms with Crippen LogP contribution in [0.25, 0.3) is 11.3 Å². The van der Waals surface area contributed by atoms with Gasteiger partial charge in [-0.15, -0.1) is 0 Å². The molecule has 0 amide bonds. The van der Waals surface area contributed by atoms with Gasteiger partial charge in [-0.05, 0) is 55.7 Å². The van der Waals surface area contributed by atoms with Gasteiger partial charge in [0, 0.05) is 24.4 Å². The van der Waals surface area contributed by atoms with E-state index < -0.39 is 12.1 Å². The lowest BCUT2D eigenvalue weighted by molar-refractivity contribution is -0.150. The molecule has 1 atom stereocenters. The highest BCUT2D eigenvalue weighted by Gasteiger charge is 2.18. The van der Waals surface area contributed by atoms with E-state index >= 15 is 0 Å². The van der Waals surface area contributed by atoms with Gasteiger partial charge >= 0.3 is 5.97 Å². The van der Waals surface area contributed by atoms with Crippen LogP contribution in [0.15, 0.2) is 60.7 Å². The minimum absolute atomic E-state index is 0.345. The molecule has 0 spiro atoms. The lowest BCUT2D eigenvalue weighted by Gasteiger charge is -2.15. The minimum Gasteiger partial charge on any atom is -0.492 e. The van der Waals surface area contributed by atoms with E-state index in [0.29, 0.717) is 19.6 Å². The summed E-state index contributed by atoms with van der Waals surface area (Å²) >= 11 is 0. The maximum absolute atomic E-state index is 11.4. The number of hydrogen-bond donors (Lipinski definition) is 1. The van der Waals surface area contributed by atoms with Crippen LogP contribution in [0.1, 0.15) is 30.2 Å². The number of carbonyl (C=O) groups is 1. The summed E-state index contributed by atoms with van der Waals surface area (Å²) in [4.78, 5) is 11.4. The molecule has 1 heterocycles. The van der Waals surface area contributed by atoms with Gasteiger partial charge in [0.25, 0.3) is 0 Å². The number of aliphatic carboxylic acids is 1. The van der Waals surface area contributed by atoms with Crippen molar-refractivity contribution < 1.29 is 19.4 Å². The fourth-order valence-electron chi connectivity index (χ4n) is 3.51. The predicted molar refractivity (Wildman–Crippen MR) is 123 cm³/mol. The van der Waals surface area contributed by atoms with Crippen molar-refractivity contribution in [2.75, 3.05) is 13.2 Å². The van der Waals surface area contributed by atoms with E-state index in [4.69, 9.17) is 9.47 Å². The predicted octanol–water partition coefficient (Wildman–Crippen LogP) is 5.27. The summed E-state index contributed by atoms with van der Waals surface area (Å²) in [7, 11) is 0. The molecule has 5 heteroatoms. The average molecular weight is 422 g/mol. The molecule has 3 aromatic rings. The minimum atomic E-state index is -0.930. The highest BCUT2D eigenvalue weighted by Crippen LogP contribution is 2.23. The lowest BCUT2D eigenvalue weighted by atomic mass is 10.1. The molecular formula is C26H31NO4. The van der Waals surface area contributed by atoms with Crippen LogP contribution in [0.5, 0.6) is 5.75 Å². The summed E-state index contributed by atoms with van der Waals surface area (Å²) in [5.74, 6) is -0.160. The van der Waals surface area contributed by atoms with E-state index in [0.717, 1.165) is 24.3 Å². The number of benzene rings is 2. The van der Waals surface area contributed by atoms with Crippen molar-refractivity contribution in [3.63, 3.8) is 0 Å². The van der Waals surface area contributed by atoms with Crippen molar-refractivity contribution in [3.05, 3.63) is 77.5 Å². The summed E-state index contributed by atoms with van der Waals surface area (Å²) in [6.45, 7) is 7.89. The topological polar surface area (TPSA) is 60.7 Å². The summed E-state index contributed by atoms with van der Waals surface area (Å²) in [6, 6.07) is 20.4. The number of hydrogen-bond acceptors (Lipinski definition) is 3. The van der Waals surface area contributed by atoms with Crippen LogP contribution in [0.3, 0.4) is 0 Å². The fraction of sp³-hybridized carbons (Fsp3) is 0.346. The number of nitrogens with zero attached hydrogens (tertiary/aromatic N) is 1. The van der Waals surface area contributed by atoms with Crippen molar-refractivity contribution in [3.8, 4) is 17.0 Å². The first-order valence-electron chi connectivity index (χ1n) is 10.8. The van der Waals surface area contributed by atoms with Crippen molar-refractivity contribution in [2.45, 2.75) is 46.3 Å². The Kier molecular flexibility index (Phi) is 7.90. The van der Waals surface area contributed by atoms with Crippen molar-refractivity contribution in [2.24, 2.45) is 0 Å². The molecule has 0 radical (unpaired) electrons. The summed E-state index contributed by atoms with van der Waals surface area (Å²) in [5.41, 5.74) is 5.74. The van der Waals surface area contributed by atoms with Crippen LogP contribution in [0.2, 0.25) is 0 Å². The number of carboxylic acids is 1. The van der Waals surface area contributed by atoms with Crippen molar-refractivity contribution >= 4 is 5.97 Å². The Morgan fingerprint density at radius 2 is 1.68 bits per heavy atom. The van der Waals surface area contributed by atoms with Crippen molar-refractivity contribution in [1.29, 1.82) is 0 Å². The van der Waals surface area contributed by atoms with Crippen LogP contribution in [-0.2, 0) is 22.5 Å². The van der Waals surface area contributed by atoms with Crippen LogP contribution in [-0.4, -0.2) is 35.0 Å². The van der Waals surface area contributed by atoms with E-state index in [1.165, 1.54) is 22.5 Å². The highest BCUT2D eigenvalue weighted by atomic mass is 16.5. The molecule has 3 rings (SSSR count). The molecule has 0 aliphatic heterocycles. The maximum Gasteiger partial charge on any atom is 0.333 e. The molecule has 0 aliphatic rings. The van der Waals surface area contributed by atoms with Gasteiger partial charge in [-0.25, -0.2) is 4.79 Å². The quantitative estimate of drug-likeness (QED) is 0.458. The summed E-state index contributed by atoms with van der Waals surface area (Å²) in [6.07, 6.45) is 0.324. The van der Waals surface area contributed by atoms with Gasteiger partial charge in [-0.2, -0.15) is 0 Å². The summed E-state index contributed by atoms with van der Waals surface area (Å²) < 4.78 is 13.6. The number of aryl methyl sites for hydroxylation is 2. The average Bonchev–Trinajstić information content (AvgIpc) is 3.13. The van der Waals surface area contributed by atoms with Gasteiger partial charge in [0.05, 0.1) is 6.54 Å². The molecule has 1 unspecified atom stereocenters. The van der Waals surface area contributed by atoms with Gasteiger partial charge in [-0.3, -0.25) is 0 Å². The Morgan fingerprint density at radius 3 is 2.32 bits per heavy atom. The second kappa shape index (κ2) is 10.8. The third-order valence-electron chi connectivity index (χ3n) is 5.27. The largest absolute Gasteiger partial charge is 0.492 e. The maximum atomic E-state index is 11.4. The van der Waals surface area contributed by atoms with Gasteiger partial charge in [0.2, 0.25) is 0 Å². The van der Waals surface area contributed by atoms with E-state index in [1.54, 1.807) is 0 Å². The zero-order valence-electron chi connectivity index (χ0n) is 18.5. The van der Waals surface area contributed by atoms with Crippen LogP contribution in [0.4, 0.5) is 0 Å². The van der Waals surface area contributed by atoms with Gasteiger partial charge in [0.15, 0.2) is 6.10 Å². The van der Waals surface area contributed by atoms with E-state index in [2.05, 4.69) is 54.8 Å². The molecular weight excluding hydrogens is 390 g/mol. The van der Waals surface area contributed by atoms with Gasteiger partial charge in [-0.1, -0.05) is 48.9 Å². The molecule has 0 bridgehead atoms. The fourth-order valence-corrected chi connectivity index (χ4v) is 3.51. The molecule has 0 saturated heterocycles. The van der Waals surface area contributed by atoms with Crippen molar-refractivity contribution in [1.82, 2.24) is 4.57 Å². The van der Waals surface area contributed by atoms with E-state index in [-0.39, 0.29) is 0 Å². The molecule has 0 fully saturated rings. The number of carboxylic acid groups (broad SMARTS) is 1. The second-order valence-electron chi connectivity index (χ2n) is 7.77. The third-order valence-corrected chi connectivity index (χ3v) is 5.27. The molecule has 2 aromatic carbocycles. The second-order valence-corrected chi connectivity index (χ2v) is 7.77. The number of ether oxygens (including phenoxy) is 2. The van der Waals surface area contributed by atoms with Crippen LogP contribution in [0, 0.1) is 13.8 Å². The Labute approximate surface area is 184 Å². The molecule has 0 aliphatic carbocycles. The first-order chi connectivity index (χ1) is 15.0. The van der Waals surface area contributed by atoms with E-state index in [1.807, 2.05) is 31.2 Å². The van der Waals surface area contributed by atoms with Gasteiger partial charge in [0.1, 0.15) is 12.4 Å². The normalized spacial score (nSPS) is 12.0. The van der Waals surface area contributed by atoms with Crippen LogP contribution < -0.4 is 4.74 Å². The smallest absolute Gasteiger partial charge is 0.333 e. The lowest BCUT2D eigenvalue weighted by Crippen LogP contribution is -2.26. The SMILES string of the molecule is CCCOC(Cc1ccc(OCCn2c(C)ccc2-c2ccc(C)cc2)cc1)C(=O)O. The third kappa shape index (κ3) is 6.22. The Hall–Kier alpha value is -3.05. The van der Waals surface area contributed by atoms with Crippen LogP contribution >= 0.6 is 0 Å².